The number of hydrogen-bond donors (Lipinski definition) is 3. The van der Waals surface area contributed by atoms with Gasteiger partial charge in [0.1, 0.15) is 18.3 Å². The third-order valence-electron chi connectivity index (χ3n) is 9.46. The summed E-state index contributed by atoms with van der Waals surface area (Å²) in [5.41, 5.74) is -1.51. The highest BCUT2D eigenvalue weighted by Gasteiger charge is 2.83. The fourth-order valence-corrected chi connectivity index (χ4v) is 8.26. The van der Waals surface area contributed by atoms with Crippen LogP contribution in [-0.4, -0.2) is 69.9 Å². The van der Waals surface area contributed by atoms with E-state index in [2.05, 4.69) is 0 Å². The highest BCUT2D eigenvalue weighted by Crippen LogP contribution is 2.73. The van der Waals surface area contributed by atoms with Crippen LogP contribution in [0.15, 0.2) is 11.6 Å². The Morgan fingerprint density at radius 3 is 2.62 bits per heavy atom. The van der Waals surface area contributed by atoms with Gasteiger partial charge >= 0.3 is 11.9 Å². The number of carbonyl (C=O) groups is 3. The zero-order valence-electron chi connectivity index (χ0n) is 20.2. The molecule has 2 aliphatic heterocycles. The molecule has 2 saturated carbocycles. The van der Waals surface area contributed by atoms with E-state index in [1.165, 1.54) is 6.08 Å². The number of esters is 2. The maximum atomic E-state index is 13.2. The molecule has 2 bridgehead atoms. The average molecular weight is 479 g/mol. The molecule has 3 N–H and O–H groups in total. The first-order valence-corrected chi connectivity index (χ1v) is 12.1. The van der Waals surface area contributed by atoms with Crippen molar-refractivity contribution in [2.24, 2.45) is 40.4 Å². The van der Waals surface area contributed by atoms with Crippen molar-refractivity contribution in [2.75, 3.05) is 6.61 Å². The lowest BCUT2D eigenvalue weighted by molar-refractivity contribution is -0.340. The summed E-state index contributed by atoms with van der Waals surface area (Å²) >= 11 is 0. The van der Waals surface area contributed by atoms with Crippen LogP contribution in [0.4, 0.5) is 0 Å². The highest BCUT2D eigenvalue weighted by atomic mass is 16.7. The smallest absolute Gasteiger partial charge is 0.348 e. The number of aliphatic hydroxyl groups is 3. The lowest BCUT2D eigenvalue weighted by Crippen LogP contribution is -2.78. The minimum atomic E-state index is -2.06. The van der Waals surface area contributed by atoms with E-state index in [-0.39, 0.29) is 24.9 Å². The summed E-state index contributed by atoms with van der Waals surface area (Å²) in [6, 6.07) is 0. The summed E-state index contributed by atoms with van der Waals surface area (Å²) in [5.74, 6) is -6.44. The largest absolute Gasteiger partial charge is 0.459 e. The Bertz CT molecular complexity index is 973. The molecule has 0 aromatic heterocycles. The van der Waals surface area contributed by atoms with Gasteiger partial charge in [-0.1, -0.05) is 33.3 Å². The molecule has 2 saturated heterocycles. The van der Waals surface area contributed by atoms with Crippen LogP contribution in [0.1, 0.15) is 47.5 Å². The quantitative estimate of drug-likeness (QED) is 0.501. The second kappa shape index (κ2) is 7.35. The van der Waals surface area contributed by atoms with Crippen molar-refractivity contribution in [3.8, 4) is 0 Å². The fourth-order valence-electron chi connectivity index (χ4n) is 8.26. The van der Waals surface area contributed by atoms with Gasteiger partial charge < -0.3 is 29.5 Å². The van der Waals surface area contributed by atoms with Crippen LogP contribution in [0.5, 0.6) is 0 Å². The predicted octanol–water partition coefficient (Wildman–Crippen LogP) is 0.734. The molecule has 0 amide bonds. The van der Waals surface area contributed by atoms with E-state index >= 15 is 0 Å². The molecule has 188 valence electrons. The van der Waals surface area contributed by atoms with E-state index in [0.29, 0.717) is 6.42 Å². The lowest BCUT2D eigenvalue weighted by atomic mass is 9.38. The first kappa shape index (κ1) is 23.9. The first-order valence-electron chi connectivity index (χ1n) is 12.1. The molecule has 0 unspecified atom stereocenters. The van der Waals surface area contributed by atoms with Gasteiger partial charge in [-0.25, -0.2) is 4.79 Å². The van der Waals surface area contributed by atoms with Gasteiger partial charge in [-0.05, 0) is 37.2 Å². The van der Waals surface area contributed by atoms with E-state index < -0.39 is 76.5 Å². The number of aliphatic hydroxyl groups excluding tert-OH is 2. The van der Waals surface area contributed by atoms with Gasteiger partial charge in [-0.2, -0.15) is 0 Å². The molecule has 9 heteroatoms. The molecule has 5 rings (SSSR count). The van der Waals surface area contributed by atoms with E-state index in [0.717, 1.165) is 5.57 Å². The molecular formula is C25H34O9. The van der Waals surface area contributed by atoms with E-state index in [9.17, 15) is 29.7 Å². The van der Waals surface area contributed by atoms with Crippen molar-refractivity contribution in [1.82, 2.24) is 0 Å². The Morgan fingerprint density at radius 1 is 1.29 bits per heavy atom. The van der Waals surface area contributed by atoms with Crippen molar-refractivity contribution in [3.05, 3.63) is 11.6 Å². The minimum Gasteiger partial charge on any atom is -0.459 e. The Balaban J connectivity index is 1.68. The molecule has 5 aliphatic rings. The summed E-state index contributed by atoms with van der Waals surface area (Å²) in [4.78, 5) is 38.6. The number of ketones is 1. The number of ether oxygens (including phenoxy) is 3. The molecule has 0 aromatic rings. The summed E-state index contributed by atoms with van der Waals surface area (Å²) in [5, 5.41) is 34.3. The molecule has 34 heavy (non-hydrogen) atoms. The molecule has 1 spiro atoms. The van der Waals surface area contributed by atoms with Crippen molar-refractivity contribution in [2.45, 2.75) is 77.7 Å². The molecule has 9 nitrogen and oxygen atoms in total. The normalized spacial score (nSPS) is 51.4. The Kier molecular flexibility index (Phi) is 5.17. The monoisotopic (exact) mass is 478 g/mol. The molecule has 2 heterocycles. The maximum absolute atomic E-state index is 13.2. The summed E-state index contributed by atoms with van der Waals surface area (Å²) in [7, 11) is 0. The van der Waals surface area contributed by atoms with Gasteiger partial charge in [0.2, 0.25) is 6.10 Å². The Morgan fingerprint density at radius 2 is 1.97 bits per heavy atom. The third-order valence-corrected chi connectivity index (χ3v) is 9.46. The van der Waals surface area contributed by atoms with Gasteiger partial charge in [-0.15, -0.1) is 0 Å². The van der Waals surface area contributed by atoms with Crippen LogP contribution >= 0.6 is 0 Å². The third kappa shape index (κ3) is 2.72. The second-order valence-corrected chi connectivity index (χ2v) is 11.7. The van der Waals surface area contributed by atoms with Crippen molar-refractivity contribution in [1.29, 1.82) is 0 Å². The zero-order valence-corrected chi connectivity index (χ0v) is 20.2. The molecule has 3 aliphatic carbocycles. The first-order chi connectivity index (χ1) is 15.8. The number of rotatable bonds is 3. The van der Waals surface area contributed by atoms with Crippen LogP contribution in [0.25, 0.3) is 0 Å². The SMILES string of the molecule is CC1=CC(=O)[C@H](O)[C@]2(C)[C@H]3[C@]4(O)OC[C@@]35[C@H]([C@@H](C)[C@H]4O)[C@@H](OC(=O)CC(C)C)C(=O)O[C@@H]5C[C@@H]12. The van der Waals surface area contributed by atoms with Crippen LogP contribution in [0, 0.1) is 40.4 Å². The summed E-state index contributed by atoms with van der Waals surface area (Å²) in [6.45, 7) is 8.91. The number of allylic oxidation sites excluding steroid dienone is 1. The topological polar surface area (TPSA) is 140 Å². The second-order valence-electron chi connectivity index (χ2n) is 11.7. The summed E-state index contributed by atoms with van der Waals surface area (Å²) in [6.07, 6.45) is -2.99. The van der Waals surface area contributed by atoms with Gasteiger partial charge in [-0.3, -0.25) is 9.59 Å². The predicted molar refractivity (Wildman–Crippen MR) is 116 cm³/mol. The molecule has 11 atom stereocenters. The number of hydrogen-bond acceptors (Lipinski definition) is 9. The number of fused-ring (bicyclic) bond motifs is 1. The highest BCUT2D eigenvalue weighted by molar-refractivity contribution is 5.96. The van der Waals surface area contributed by atoms with Crippen LogP contribution in [0.2, 0.25) is 0 Å². The Labute approximate surface area is 198 Å². The Hall–Kier alpha value is -1.81. The zero-order chi connectivity index (χ0) is 25.0. The van der Waals surface area contributed by atoms with Crippen molar-refractivity contribution in [3.63, 3.8) is 0 Å². The summed E-state index contributed by atoms with van der Waals surface area (Å²) < 4.78 is 17.5. The van der Waals surface area contributed by atoms with E-state index in [4.69, 9.17) is 14.2 Å². The van der Waals surface area contributed by atoms with Crippen LogP contribution in [-0.2, 0) is 28.6 Å². The standard InChI is InChI=1S/C25H34O9/c1-10(2)6-16(27)34-18-17-12(4)19(28)25(31)22-23(5)13(11(3)7-14(26)20(23)29)8-15(33-21(18)30)24(17,22)9-32-25/h7,10,12-13,15,17-20,22,28-29,31H,6,8-9H2,1-5H3/t12-,13+,15-,17-,18-,19-,20+,22-,23-,24-,25-/m1/s1. The number of carbonyl (C=O) groups excluding carboxylic acids is 3. The van der Waals surface area contributed by atoms with Crippen molar-refractivity contribution < 1.29 is 43.9 Å². The minimum absolute atomic E-state index is 0.0209. The average Bonchev–Trinajstić information content (AvgIpc) is 3.03. The van der Waals surface area contributed by atoms with Gasteiger partial charge in [0, 0.05) is 29.1 Å². The molecular weight excluding hydrogens is 444 g/mol. The maximum Gasteiger partial charge on any atom is 0.348 e. The van der Waals surface area contributed by atoms with Crippen LogP contribution < -0.4 is 0 Å². The van der Waals surface area contributed by atoms with E-state index in [1.807, 2.05) is 13.8 Å². The van der Waals surface area contributed by atoms with Gasteiger partial charge in [0.25, 0.3) is 0 Å². The van der Waals surface area contributed by atoms with Crippen molar-refractivity contribution >= 4 is 17.7 Å². The molecule has 4 fully saturated rings. The molecule has 0 radical (unpaired) electrons. The van der Waals surface area contributed by atoms with Crippen LogP contribution in [0.3, 0.4) is 0 Å². The van der Waals surface area contributed by atoms with Gasteiger partial charge in [0.15, 0.2) is 11.6 Å². The fraction of sp³-hybridized carbons (Fsp3) is 0.800. The lowest BCUT2D eigenvalue weighted by Gasteiger charge is -2.68. The molecule has 0 aromatic carbocycles. The van der Waals surface area contributed by atoms with Gasteiger partial charge in [0.05, 0.1) is 6.61 Å². The van der Waals surface area contributed by atoms with E-state index in [1.54, 1.807) is 20.8 Å².